The number of nitrogens with zero attached hydrogens (tertiary/aromatic N) is 1. The van der Waals surface area contributed by atoms with Crippen molar-refractivity contribution in [2.75, 3.05) is 6.61 Å². The highest BCUT2D eigenvalue weighted by Gasteiger charge is 2.17. The van der Waals surface area contributed by atoms with Gasteiger partial charge in [-0.2, -0.15) is 0 Å². The first-order valence-electron chi connectivity index (χ1n) is 6.21. The van der Waals surface area contributed by atoms with Crippen molar-refractivity contribution in [1.82, 2.24) is 10.3 Å². The highest BCUT2D eigenvalue weighted by atomic mass is 35.5. The van der Waals surface area contributed by atoms with E-state index in [9.17, 15) is 10.2 Å². The van der Waals surface area contributed by atoms with Crippen LogP contribution in [0.5, 0.6) is 5.75 Å². The molecule has 1 heterocycles. The number of benzene rings is 1. The van der Waals surface area contributed by atoms with Gasteiger partial charge in [-0.25, -0.2) is 4.98 Å². The van der Waals surface area contributed by atoms with Crippen LogP contribution in [0.1, 0.15) is 31.9 Å². The number of halogens is 1. The van der Waals surface area contributed by atoms with Crippen LogP contribution in [-0.2, 0) is 0 Å². The number of rotatable bonds is 5. The van der Waals surface area contributed by atoms with Crippen LogP contribution in [0.15, 0.2) is 12.1 Å². The first-order valence-corrected chi connectivity index (χ1v) is 7.41. The Morgan fingerprint density at radius 3 is 2.84 bits per heavy atom. The molecule has 0 amide bonds. The minimum absolute atomic E-state index is 0.0525. The van der Waals surface area contributed by atoms with E-state index in [-0.39, 0.29) is 24.4 Å². The number of aliphatic hydroxyl groups excluding tert-OH is 1. The third-order valence-electron chi connectivity index (χ3n) is 3.19. The molecule has 6 heteroatoms. The Morgan fingerprint density at radius 2 is 2.21 bits per heavy atom. The Labute approximate surface area is 121 Å². The molecule has 2 atom stereocenters. The molecule has 104 valence electrons. The van der Waals surface area contributed by atoms with Gasteiger partial charge in [-0.15, -0.1) is 11.3 Å². The summed E-state index contributed by atoms with van der Waals surface area (Å²) in [6.45, 7) is 4.15. The van der Waals surface area contributed by atoms with Gasteiger partial charge in [-0.3, -0.25) is 0 Å². The molecule has 0 radical (unpaired) electrons. The predicted octanol–water partition coefficient (Wildman–Crippen LogP) is 3.08. The van der Waals surface area contributed by atoms with E-state index in [4.69, 9.17) is 11.6 Å². The molecular weight excluding hydrogens is 284 g/mol. The summed E-state index contributed by atoms with van der Waals surface area (Å²) in [4.78, 5) is 4.13. The Balaban J connectivity index is 2.36. The zero-order chi connectivity index (χ0) is 14.0. The molecule has 0 aliphatic rings. The fourth-order valence-electron chi connectivity index (χ4n) is 2.07. The molecule has 1 aromatic carbocycles. The van der Waals surface area contributed by atoms with Crippen LogP contribution in [0.4, 0.5) is 0 Å². The molecule has 4 nitrogen and oxygen atoms in total. The summed E-state index contributed by atoms with van der Waals surface area (Å²) in [7, 11) is 0. The highest BCUT2D eigenvalue weighted by molar-refractivity contribution is 7.22. The molecule has 0 spiro atoms. The van der Waals surface area contributed by atoms with Crippen molar-refractivity contribution in [2.24, 2.45) is 0 Å². The topological polar surface area (TPSA) is 65.4 Å². The number of phenols is 1. The Bertz CT molecular complexity index is 569. The summed E-state index contributed by atoms with van der Waals surface area (Å²) in [5, 5.41) is 22.4. The minimum Gasteiger partial charge on any atom is -0.506 e. The van der Waals surface area contributed by atoms with E-state index < -0.39 is 0 Å². The number of aromatic hydroxyl groups is 1. The number of fused-ring (bicyclic) bond motifs is 1. The van der Waals surface area contributed by atoms with E-state index in [1.165, 1.54) is 11.3 Å². The smallest absolute Gasteiger partial charge is 0.184 e. The lowest BCUT2D eigenvalue weighted by Crippen LogP contribution is -2.33. The number of hydrogen-bond donors (Lipinski definition) is 3. The maximum Gasteiger partial charge on any atom is 0.184 e. The van der Waals surface area contributed by atoms with Crippen molar-refractivity contribution in [1.29, 1.82) is 0 Å². The summed E-state index contributed by atoms with van der Waals surface area (Å²) < 4.78 is 1.30. The quantitative estimate of drug-likeness (QED) is 0.794. The lowest BCUT2D eigenvalue weighted by Gasteiger charge is -2.21. The van der Waals surface area contributed by atoms with E-state index in [0.717, 1.165) is 16.7 Å². The molecule has 0 saturated heterocycles. The fourth-order valence-corrected chi connectivity index (χ4v) is 3.30. The summed E-state index contributed by atoms with van der Waals surface area (Å²) in [6, 6.07) is 3.61. The lowest BCUT2D eigenvalue weighted by atomic mass is 10.1. The van der Waals surface area contributed by atoms with Gasteiger partial charge in [0.05, 0.1) is 11.3 Å². The van der Waals surface area contributed by atoms with Crippen LogP contribution < -0.4 is 5.32 Å². The number of nitrogens with one attached hydrogen (secondary N) is 1. The van der Waals surface area contributed by atoms with Crippen molar-refractivity contribution in [3.8, 4) is 5.75 Å². The van der Waals surface area contributed by atoms with Crippen molar-refractivity contribution in [3.05, 3.63) is 22.2 Å². The SMILES string of the molecule is CCC(CO)NC(C)c1ccc(O)c2nc(Cl)sc12. The molecule has 0 aliphatic heterocycles. The van der Waals surface area contributed by atoms with Gasteiger partial charge in [-0.1, -0.05) is 24.6 Å². The van der Waals surface area contributed by atoms with Gasteiger partial charge in [0.15, 0.2) is 4.47 Å². The number of phenolic OH excluding ortho intramolecular Hbond substituents is 1. The molecule has 0 fully saturated rings. The zero-order valence-electron chi connectivity index (χ0n) is 10.9. The van der Waals surface area contributed by atoms with Gasteiger partial charge >= 0.3 is 0 Å². The molecular formula is C13H17ClN2O2S. The molecule has 2 aromatic rings. The predicted molar refractivity (Wildman–Crippen MR) is 79.0 cm³/mol. The second-order valence-corrected chi connectivity index (χ2v) is 6.08. The third-order valence-corrected chi connectivity index (χ3v) is 4.40. The van der Waals surface area contributed by atoms with Gasteiger partial charge in [0.25, 0.3) is 0 Å². The summed E-state index contributed by atoms with van der Waals surface area (Å²) in [5.74, 6) is 0.142. The third kappa shape index (κ3) is 3.00. The Kier molecular flexibility index (Phi) is 4.62. The van der Waals surface area contributed by atoms with Crippen molar-refractivity contribution < 1.29 is 10.2 Å². The molecule has 0 aliphatic carbocycles. The first-order chi connectivity index (χ1) is 9.06. The fraction of sp³-hybridized carbons (Fsp3) is 0.462. The van der Waals surface area contributed by atoms with Crippen molar-refractivity contribution in [3.63, 3.8) is 0 Å². The number of thiazole rings is 1. The summed E-state index contributed by atoms with van der Waals surface area (Å²) in [5.41, 5.74) is 1.57. The summed E-state index contributed by atoms with van der Waals surface area (Å²) in [6.07, 6.45) is 0.853. The molecule has 1 aromatic heterocycles. The van der Waals surface area contributed by atoms with Gasteiger partial charge < -0.3 is 15.5 Å². The zero-order valence-corrected chi connectivity index (χ0v) is 12.4. The van der Waals surface area contributed by atoms with E-state index in [1.54, 1.807) is 6.07 Å². The van der Waals surface area contributed by atoms with E-state index >= 15 is 0 Å². The van der Waals surface area contributed by atoms with Gasteiger partial charge in [0, 0.05) is 12.1 Å². The normalized spacial score (nSPS) is 14.7. The molecule has 0 saturated carbocycles. The maximum absolute atomic E-state index is 9.79. The van der Waals surface area contributed by atoms with Gasteiger partial charge in [0.2, 0.25) is 0 Å². The van der Waals surface area contributed by atoms with Crippen LogP contribution in [0.25, 0.3) is 10.2 Å². The maximum atomic E-state index is 9.79. The van der Waals surface area contributed by atoms with E-state index in [1.807, 2.05) is 19.9 Å². The monoisotopic (exact) mass is 300 g/mol. The Morgan fingerprint density at radius 1 is 1.47 bits per heavy atom. The molecule has 2 unspecified atom stereocenters. The van der Waals surface area contributed by atoms with Crippen molar-refractivity contribution in [2.45, 2.75) is 32.4 Å². The largest absolute Gasteiger partial charge is 0.506 e. The van der Waals surface area contributed by atoms with Gasteiger partial charge in [-0.05, 0) is 25.0 Å². The number of aliphatic hydroxyl groups is 1. The molecule has 3 N–H and O–H groups in total. The van der Waals surface area contributed by atoms with Gasteiger partial charge in [0.1, 0.15) is 11.3 Å². The van der Waals surface area contributed by atoms with E-state index in [0.29, 0.717) is 9.98 Å². The van der Waals surface area contributed by atoms with Crippen LogP contribution in [0.2, 0.25) is 4.47 Å². The second kappa shape index (κ2) is 6.05. The average molecular weight is 301 g/mol. The lowest BCUT2D eigenvalue weighted by molar-refractivity contribution is 0.230. The standard InChI is InChI=1S/C13H17ClN2O2S/c1-3-8(6-17)15-7(2)9-4-5-10(18)11-12(9)19-13(14)16-11/h4-5,7-8,15,17-18H,3,6H2,1-2H3. The average Bonchev–Trinajstić information content (AvgIpc) is 2.78. The van der Waals surface area contributed by atoms with Crippen LogP contribution in [-0.4, -0.2) is 27.8 Å². The van der Waals surface area contributed by atoms with Crippen LogP contribution in [0.3, 0.4) is 0 Å². The first kappa shape index (κ1) is 14.5. The second-order valence-electron chi connectivity index (χ2n) is 4.49. The number of aromatic nitrogens is 1. The van der Waals surface area contributed by atoms with Crippen LogP contribution >= 0.6 is 22.9 Å². The van der Waals surface area contributed by atoms with E-state index in [2.05, 4.69) is 10.3 Å². The minimum atomic E-state index is 0.0525. The highest BCUT2D eigenvalue weighted by Crippen LogP contribution is 2.36. The number of hydrogen-bond acceptors (Lipinski definition) is 5. The van der Waals surface area contributed by atoms with Crippen molar-refractivity contribution >= 4 is 33.2 Å². The Hall–Kier alpha value is -0.880. The molecule has 2 rings (SSSR count). The molecule has 0 bridgehead atoms. The summed E-state index contributed by atoms with van der Waals surface area (Å²) >= 11 is 7.28. The molecule has 19 heavy (non-hydrogen) atoms. The van der Waals surface area contributed by atoms with Crippen LogP contribution in [0, 0.1) is 0 Å².